The molecule has 7 heteroatoms. The molecule has 2 aliphatic heterocycles. The number of nitrogens with one attached hydrogen (secondary N) is 1. The molecule has 1 unspecified atom stereocenters. The summed E-state index contributed by atoms with van der Waals surface area (Å²) >= 11 is 0. The molecule has 0 saturated carbocycles. The lowest BCUT2D eigenvalue weighted by atomic mass is 10.2. The van der Waals surface area contributed by atoms with Crippen LogP contribution in [0.15, 0.2) is 6.07 Å². The molecule has 0 radical (unpaired) electrons. The van der Waals surface area contributed by atoms with Gasteiger partial charge in [0.1, 0.15) is 17.7 Å². The van der Waals surface area contributed by atoms with Crippen LogP contribution in [-0.4, -0.2) is 72.8 Å². The first-order valence-corrected chi connectivity index (χ1v) is 8.75. The maximum Gasteiger partial charge on any atom is 0.242 e. The van der Waals surface area contributed by atoms with Crippen molar-refractivity contribution >= 4 is 11.7 Å². The molecule has 24 heavy (non-hydrogen) atoms. The number of piperazine rings is 1. The Bertz CT molecular complexity index is 578. The van der Waals surface area contributed by atoms with Crippen LogP contribution in [0.4, 0.5) is 5.82 Å². The second kappa shape index (κ2) is 7.44. The van der Waals surface area contributed by atoms with Gasteiger partial charge in [0.05, 0.1) is 13.2 Å². The predicted octanol–water partition coefficient (Wildman–Crippen LogP) is 0.545. The second-order valence-electron chi connectivity index (χ2n) is 6.77. The van der Waals surface area contributed by atoms with Crippen molar-refractivity contribution in [3.05, 3.63) is 17.6 Å². The summed E-state index contributed by atoms with van der Waals surface area (Å²) in [6, 6.07) is 1.83. The van der Waals surface area contributed by atoms with E-state index < -0.39 is 0 Å². The van der Waals surface area contributed by atoms with Gasteiger partial charge in [0.15, 0.2) is 0 Å². The van der Waals surface area contributed by atoms with Crippen LogP contribution in [-0.2, 0) is 9.53 Å². The third kappa shape index (κ3) is 3.84. The molecule has 1 N–H and O–H groups in total. The van der Waals surface area contributed by atoms with E-state index in [1.54, 1.807) is 0 Å². The SMILES string of the molecule is Cc1cc(N2CCN(C(=O)C3COCCN3)CC2)nc(C(C)C)n1. The highest BCUT2D eigenvalue weighted by Gasteiger charge is 2.29. The Morgan fingerprint density at radius 1 is 1.29 bits per heavy atom. The molecule has 1 aromatic rings. The summed E-state index contributed by atoms with van der Waals surface area (Å²) in [7, 11) is 0. The molecule has 3 heterocycles. The molecular weight excluding hydrogens is 306 g/mol. The quantitative estimate of drug-likeness (QED) is 0.871. The van der Waals surface area contributed by atoms with Gasteiger partial charge in [0, 0.05) is 50.4 Å². The fourth-order valence-electron chi connectivity index (χ4n) is 3.09. The lowest BCUT2D eigenvalue weighted by Crippen LogP contribution is -2.57. The average Bonchev–Trinajstić information content (AvgIpc) is 2.61. The second-order valence-corrected chi connectivity index (χ2v) is 6.77. The van der Waals surface area contributed by atoms with Crippen LogP contribution in [0.2, 0.25) is 0 Å². The minimum atomic E-state index is -0.195. The lowest BCUT2D eigenvalue weighted by molar-refractivity contribution is -0.136. The van der Waals surface area contributed by atoms with Gasteiger partial charge in [-0.3, -0.25) is 4.79 Å². The van der Waals surface area contributed by atoms with Crippen molar-refractivity contribution in [2.24, 2.45) is 0 Å². The van der Waals surface area contributed by atoms with Gasteiger partial charge in [-0.05, 0) is 6.92 Å². The minimum Gasteiger partial charge on any atom is -0.378 e. The van der Waals surface area contributed by atoms with E-state index in [0.29, 0.717) is 19.1 Å². The first kappa shape index (κ1) is 17.1. The van der Waals surface area contributed by atoms with Crippen LogP contribution in [0.1, 0.15) is 31.3 Å². The zero-order chi connectivity index (χ0) is 17.1. The summed E-state index contributed by atoms with van der Waals surface area (Å²) in [4.78, 5) is 25.9. The highest BCUT2D eigenvalue weighted by Crippen LogP contribution is 2.19. The highest BCUT2D eigenvalue weighted by molar-refractivity contribution is 5.82. The van der Waals surface area contributed by atoms with E-state index in [4.69, 9.17) is 9.72 Å². The van der Waals surface area contributed by atoms with Crippen molar-refractivity contribution in [1.82, 2.24) is 20.2 Å². The number of ether oxygens (including phenoxy) is 1. The molecular formula is C17H27N5O2. The van der Waals surface area contributed by atoms with Crippen molar-refractivity contribution < 1.29 is 9.53 Å². The monoisotopic (exact) mass is 333 g/mol. The smallest absolute Gasteiger partial charge is 0.242 e. The Kier molecular flexibility index (Phi) is 5.30. The van der Waals surface area contributed by atoms with E-state index >= 15 is 0 Å². The van der Waals surface area contributed by atoms with Crippen molar-refractivity contribution in [3.63, 3.8) is 0 Å². The first-order valence-electron chi connectivity index (χ1n) is 8.75. The van der Waals surface area contributed by atoms with E-state index in [-0.39, 0.29) is 11.9 Å². The Morgan fingerprint density at radius 2 is 2.04 bits per heavy atom. The van der Waals surface area contributed by atoms with E-state index in [0.717, 1.165) is 50.1 Å². The Balaban J connectivity index is 1.61. The number of amides is 1. The topological polar surface area (TPSA) is 70.6 Å². The van der Waals surface area contributed by atoms with Crippen LogP contribution in [0.5, 0.6) is 0 Å². The van der Waals surface area contributed by atoms with Gasteiger partial charge in [-0.1, -0.05) is 13.8 Å². The third-order valence-electron chi connectivity index (χ3n) is 4.51. The van der Waals surface area contributed by atoms with Crippen LogP contribution in [0, 0.1) is 6.92 Å². The summed E-state index contributed by atoms with van der Waals surface area (Å²) in [5, 5.41) is 3.24. The van der Waals surface area contributed by atoms with Crippen molar-refractivity contribution in [2.45, 2.75) is 32.7 Å². The predicted molar refractivity (Wildman–Crippen MR) is 92.3 cm³/mol. The molecule has 3 rings (SSSR count). The van der Waals surface area contributed by atoms with Gasteiger partial charge in [-0.25, -0.2) is 9.97 Å². The van der Waals surface area contributed by atoms with Crippen molar-refractivity contribution in [1.29, 1.82) is 0 Å². The zero-order valence-electron chi connectivity index (χ0n) is 14.8. The van der Waals surface area contributed by atoms with Gasteiger partial charge in [-0.15, -0.1) is 0 Å². The van der Waals surface area contributed by atoms with E-state index in [9.17, 15) is 4.79 Å². The van der Waals surface area contributed by atoms with Gasteiger partial charge in [0.2, 0.25) is 5.91 Å². The molecule has 2 saturated heterocycles. The number of rotatable bonds is 3. The minimum absolute atomic E-state index is 0.149. The summed E-state index contributed by atoms with van der Waals surface area (Å²) in [6.07, 6.45) is 0. The Hall–Kier alpha value is -1.73. The average molecular weight is 333 g/mol. The zero-order valence-corrected chi connectivity index (χ0v) is 14.8. The largest absolute Gasteiger partial charge is 0.378 e. The number of carbonyl (C=O) groups excluding carboxylic acids is 1. The molecule has 2 fully saturated rings. The van der Waals surface area contributed by atoms with Crippen LogP contribution in [0.25, 0.3) is 0 Å². The first-order chi connectivity index (χ1) is 11.5. The summed E-state index contributed by atoms with van der Waals surface area (Å²) < 4.78 is 5.40. The molecule has 0 bridgehead atoms. The third-order valence-corrected chi connectivity index (χ3v) is 4.51. The standard InChI is InChI=1S/C17H27N5O2/c1-12(2)16-19-13(3)10-15(20-16)21-5-7-22(8-6-21)17(23)14-11-24-9-4-18-14/h10,12,14,18H,4-9,11H2,1-3H3. The van der Waals surface area contributed by atoms with E-state index in [1.165, 1.54) is 0 Å². The van der Waals surface area contributed by atoms with E-state index in [1.807, 2.05) is 17.9 Å². The Labute approximate surface area is 143 Å². The molecule has 132 valence electrons. The molecule has 0 aliphatic carbocycles. The van der Waals surface area contributed by atoms with E-state index in [2.05, 4.69) is 29.0 Å². The highest BCUT2D eigenvalue weighted by atomic mass is 16.5. The number of anilines is 1. The van der Waals surface area contributed by atoms with Crippen molar-refractivity contribution in [3.8, 4) is 0 Å². The molecule has 0 aromatic carbocycles. The maximum atomic E-state index is 12.5. The fourth-order valence-corrected chi connectivity index (χ4v) is 3.09. The van der Waals surface area contributed by atoms with Crippen LogP contribution >= 0.6 is 0 Å². The number of hydrogen-bond acceptors (Lipinski definition) is 6. The molecule has 0 spiro atoms. The fraction of sp³-hybridized carbons (Fsp3) is 0.706. The Morgan fingerprint density at radius 3 is 2.67 bits per heavy atom. The van der Waals surface area contributed by atoms with Crippen LogP contribution in [0.3, 0.4) is 0 Å². The number of aromatic nitrogens is 2. The summed E-state index contributed by atoms with van der Waals surface area (Å²) in [5.74, 6) is 2.31. The number of aryl methyl sites for hydroxylation is 1. The molecule has 7 nitrogen and oxygen atoms in total. The number of hydrogen-bond donors (Lipinski definition) is 1. The summed E-state index contributed by atoms with van der Waals surface area (Å²) in [5.41, 5.74) is 0.991. The number of nitrogens with zero attached hydrogens (tertiary/aromatic N) is 4. The van der Waals surface area contributed by atoms with Gasteiger partial charge in [0.25, 0.3) is 0 Å². The maximum absolute atomic E-state index is 12.5. The van der Waals surface area contributed by atoms with Crippen LogP contribution < -0.4 is 10.2 Å². The number of carbonyl (C=O) groups is 1. The molecule has 2 aliphatic rings. The normalized spacial score (nSPS) is 22.1. The van der Waals surface area contributed by atoms with Gasteiger partial charge < -0.3 is 19.9 Å². The number of morpholine rings is 1. The molecule has 1 atom stereocenters. The molecule has 1 amide bonds. The lowest BCUT2D eigenvalue weighted by Gasteiger charge is -2.37. The molecule has 1 aromatic heterocycles. The van der Waals surface area contributed by atoms with Gasteiger partial charge >= 0.3 is 0 Å². The van der Waals surface area contributed by atoms with Crippen molar-refractivity contribution in [2.75, 3.05) is 50.8 Å². The summed E-state index contributed by atoms with van der Waals surface area (Å²) in [6.45, 7) is 11.2. The van der Waals surface area contributed by atoms with Gasteiger partial charge in [-0.2, -0.15) is 0 Å².